The molecule has 2 saturated carbocycles. The molecular formula is C23H23S+. The van der Waals surface area contributed by atoms with Gasteiger partial charge in [0.15, 0.2) is 9.49 Å². The fourth-order valence-corrected chi connectivity index (χ4v) is 12.9. The first-order valence-corrected chi connectivity index (χ1v) is 11.3. The van der Waals surface area contributed by atoms with Gasteiger partial charge in [-0.3, -0.25) is 0 Å². The van der Waals surface area contributed by atoms with Gasteiger partial charge in [0, 0.05) is 34.6 Å². The molecule has 5 aliphatic rings. The number of benzene rings is 2. The van der Waals surface area contributed by atoms with Crippen LogP contribution < -0.4 is 0 Å². The summed E-state index contributed by atoms with van der Waals surface area (Å²) in [6.07, 6.45) is 8.48. The van der Waals surface area contributed by atoms with Crippen LogP contribution in [-0.4, -0.2) is 15.7 Å². The van der Waals surface area contributed by atoms with Crippen LogP contribution in [0.25, 0.3) is 0 Å². The van der Waals surface area contributed by atoms with Crippen molar-refractivity contribution < 1.29 is 0 Å². The van der Waals surface area contributed by atoms with Gasteiger partial charge < -0.3 is 0 Å². The second-order valence-corrected chi connectivity index (χ2v) is 11.1. The Kier molecular flexibility index (Phi) is 2.07. The van der Waals surface area contributed by atoms with E-state index < -0.39 is 0 Å². The molecule has 1 heteroatoms. The molecule has 120 valence electrons. The minimum atomic E-state index is 0.573. The van der Waals surface area contributed by atoms with Crippen molar-refractivity contribution in [2.45, 2.75) is 58.8 Å². The molecule has 4 aliphatic carbocycles. The first-order chi connectivity index (χ1) is 11.8. The van der Waals surface area contributed by atoms with Crippen LogP contribution in [0.15, 0.2) is 48.5 Å². The van der Waals surface area contributed by atoms with Crippen molar-refractivity contribution in [3.63, 3.8) is 0 Å². The van der Waals surface area contributed by atoms with Crippen molar-refractivity contribution in [3.8, 4) is 0 Å². The molecule has 6 atom stereocenters. The first kappa shape index (κ1) is 13.1. The largest absolute Gasteiger partial charge is 0.192 e. The second kappa shape index (κ2) is 3.80. The number of rotatable bonds is 0. The van der Waals surface area contributed by atoms with E-state index in [1.165, 1.54) is 25.7 Å². The highest BCUT2D eigenvalue weighted by molar-refractivity contribution is 8.06. The Morgan fingerprint density at radius 2 is 0.917 bits per heavy atom. The van der Waals surface area contributed by atoms with Gasteiger partial charge in [-0.05, 0) is 47.9 Å². The van der Waals surface area contributed by atoms with Gasteiger partial charge in [0.2, 0.25) is 0 Å². The molecule has 0 nitrogen and oxygen atoms in total. The van der Waals surface area contributed by atoms with Gasteiger partial charge in [-0.1, -0.05) is 48.5 Å². The smallest absolute Gasteiger partial charge is 0.0620 e. The monoisotopic (exact) mass is 331 g/mol. The van der Waals surface area contributed by atoms with Crippen molar-refractivity contribution in [3.05, 3.63) is 70.8 Å². The summed E-state index contributed by atoms with van der Waals surface area (Å²) in [6.45, 7) is 0. The minimum absolute atomic E-state index is 0.573. The van der Waals surface area contributed by atoms with Gasteiger partial charge in [0.05, 0.1) is 6.26 Å². The average molecular weight is 332 g/mol. The molecule has 0 radical (unpaired) electrons. The number of fused-ring (bicyclic) bond motifs is 6. The predicted molar refractivity (Wildman–Crippen MR) is 101 cm³/mol. The molecule has 2 unspecified atom stereocenters. The van der Waals surface area contributed by atoms with Crippen LogP contribution >= 0.6 is 0 Å². The molecule has 2 aromatic rings. The summed E-state index contributed by atoms with van der Waals surface area (Å²) >= 11 is 0. The zero-order valence-corrected chi connectivity index (χ0v) is 15.0. The van der Waals surface area contributed by atoms with E-state index in [-0.39, 0.29) is 0 Å². The van der Waals surface area contributed by atoms with Crippen molar-refractivity contribution in [1.82, 2.24) is 0 Å². The highest BCUT2D eigenvalue weighted by Crippen LogP contribution is 2.88. The lowest BCUT2D eigenvalue weighted by Gasteiger charge is -2.15. The highest BCUT2D eigenvalue weighted by atomic mass is 32.2. The van der Waals surface area contributed by atoms with Crippen molar-refractivity contribution in [2.24, 2.45) is 0 Å². The van der Waals surface area contributed by atoms with Gasteiger partial charge in [0.1, 0.15) is 0 Å². The summed E-state index contributed by atoms with van der Waals surface area (Å²) in [5, 5.41) is 0. The molecule has 1 aliphatic heterocycles. The summed E-state index contributed by atoms with van der Waals surface area (Å²) in [5.41, 5.74) is 6.95. The normalized spacial score (nSPS) is 48.3. The SMILES string of the molecule is C[S+]1C2([C@@H]3CC[C@H]2c2ccccc23)C12[C@@H]1CC[C@H]2c2ccccc21. The maximum Gasteiger partial charge on any atom is 0.192 e. The molecule has 4 bridgehead atoms. The number of hydrogen-bond donors (Lipinski definition) is 0. The Hall–Kier alpha value is -1.21. The zero-order chi connectivity index (χ0) is 15.7. The maximum absolute atomic E-state index is 2.66. The second-order valence-electron chi connectivity index (χ2n) is 8.72. The minimum Gasteiger partial charge on any atom is -0.0620 e. The van der Waals surface area contributed by atoms with E-state index in [1.54, 1.807) is 22.3 Å². The molecule has 2 spiro atoms. The third kappa shape index (κ3) is 1.01. The van der Waals surface area contributed by atoms with E-state index in [0.717, 1.165) is 23.7 Å². The van der Waals surface area contributed by atoms with Crippen LogP contribution in [0, 0.1) is 0 Å². The molecule has 2 aromatic carbocycles. The van der Waals surface area contributed by atoms with Crippen LogP contribution in [-0.2, 0) is 10.9 Å². The van der Waals surface area contributed by atoms with E-state index >= 15 is 0 Å². The quantitative estimate of drug-likeness (QED) is 0.467. The summed E-state index contributed by atoms with van der Waals surface area (Å²) in [6, 6.07) is 19.0. The molecule has 1 heterocycles. The fraction of sp³-hybridized carbons (Fsp3) is 0.478. The lowest BCUT2D eigenvalue weighted by molar-refractivity contribution is 0.438. The third-order valence-electron chi connectivity index (χ3n) is 8.63. The lowest BCUT2D eigenvalue weighted by atomic mass is 9.75. The third-order valence-corrected chi connectivity index (χ3v) is 12.3. The van der Waals surface area contributed by atoms with Gasteiger partial charge in [0.25, 0.3) is 0 Å². The lowest BCUT2D eigenvalue weighted by Crippen LogP contribution is -2.31. The zero-order valence-electron chi connectivity index (χ0n) is 14.2. The van der Waals surface area contributed by atoms with Crippen molar-refractivity contribution in [1.29, 1.82) is 0 Å². The van der Waals surface area contributed by atoms with Gasteiger partial charge in [-0.2, -0.15) is 0 Å². The van der Waals surface area contributed by atoms with E-state index in [0.29, 0.717) is 20.4 Å². The Labute approximate surface area is 147 Å². The van der Waals surface area contributed by atoms with Crippen LogP contribution in [0.3, 0.4) is 0 Å². The number of hydrogen-bond acceptors (Lipinski definition) is 0. The first-order valence-electron chi connectivity index (χ1n) is 9.66. The molecule has 7 rings (SSSR count). The maximum atomic E-state index is 2.66. The van der Waals surface area contributed by atoms with Gasteiger partial charge in [-0.25, -0.2) is 0 Å². The average Bonchev–Trinajstić information content (AvgIpc) is 3.11. The van der Waals surface area contributed by atoms with E-state index in [4.69, 9.17) is 0 Å². The van der Waals surface area contributed by atoms with Crippen LogP contribution in [0.4, 0.5) is 0 Å². The Morgan fingerprint density at radius 1 is 0.625 bits per heavy atom. The molecule has 24 heavy (non-hydrogen) atoms. The van der Waals surface area contributed by atoms with Crippen LogP contribution in [0.5, 0.6) is 0 Å². The van der Waals surface area contributed by atoms with Gasteiger partial charge in [-0.15, -0.1) is 0 Å². The topological polar surface area (TPSA) is 0 Å². The Bertz CT molecular complexity index is 761. The van der Waals surface area contributed by atoms with E-state index in [1.807, 2.05) is 0 Å². The molecular weight excluding hydrogens is 308 g/mol. The summed E-state index contributed by atoms with van der Waals surface area (Å²) in [4.78, 5) is 0. The Morgan fingerprint density at radius 3 is 1.21 bits per heavy atom. The molecule has 1 saturated heterocycles. The summed E-state index contributed by atoms with van der Waals surface area (Å²) < 4.78 is 1.25. The molecule has 3 fully saturated rings. The highest BCUT2D eigenvalue weighted by Gasteiger charge is 2.99. The van der Waals surface area contributed by atoms with Crippen LogP contribution in [0.1, 0.15) is 71.6 Å². The van der Waals surface area contributed by atoms with E-state index in [9.17, 15) is 0 Å². The van der Waals surface area contributed by atoms with Crippen LogP contribution in [0.2, 0.25) is 0 Å². The fourth-order valence-electron chi connectivity index (χ4n) is 8.32. The van der Waals surface area contributed by atoms with Gasteiger partial charge >= 0.3 is 0 Å². The van der Waals surface area contributed by atoms with Crippen molar-refractivity contribution >= 4 is 10.9 Å². The van der Waals surface area contributed by atoms with Crippen molar-refractivity contribution in [2.75, 3.05) is 6.26 Å². The Balaban J connectivity index is 1.48. The summed E-state index contributed by atoms with van der Waals surface area (Å²) in [7, 11) is 0.573. The van der Waals surface area contributed by atoms with E-state index in [2.05, 4.69) is 54.8 Å². The molecule has 0 amide bonds. The summed E-state index contributed by atoms with van der Waals surface area (Å²) in [5.74, 6) is 3.46. The predicted octanol–water partition coefficient (Wildman–Crippen LogP) is 5.08. The standard InChI is InChI=1S/C23H23S/c1-24-22(18-10-11-19(22)15-7-3-2-6-14(15)18)23(24)20-12-13-21(23)17-9-5-4-8-16(17)20/h2-9,18-21H,10-13H2,1H3/q+1/t18-,19+,20-,21+,22?,23?,24?. The molecule has 0 aromatic heterocycles. The molecule has 0 N–H and O–H groups in total.